The van der Waals surface area contributed by atoms with Gasteiger partial charge >= 0.3 is 0 Å². The summed E-state index contributed by atoms with van der Waals surface area (Å²) in [6.45, 7) is 3.66. The Bertz CT molecular complexity index is 252. The summed E-state index contributed by atoms with van der Waals surface area (Å²) in [4.78, 5) is 24.6. The zero-order chi connectivity index (χ0) is 12.0. The van der Waals surface area contributed by atoms with Gasteiger partial charge in [0.05, 0.1) is 13.1 Å². The first-order chi connectivity index (χ1) is 7.67. The first-order valence-electron chi connectivity index (χ1n) is 5.92. The van der Waals surface area contributed by atoms with Crippen molar-refractivity contribution < 1.29 is 9.59 Å². The molecule has 0 saturated heterocycles. The predicted octanol–water partition coefficient (Wildman–Crippen LogP) is -0.290. The number of carbonyl (C=O) groups excluding carboxylic acids is 2. The lowest BCUT2D eigenvalue weighted by Gasteiger charge is -2.22. The summed E-state index contributed by atoms with van der Waals surface area (Å²) in [5.41, 5.74) is 5.15. The van der Waals surface area contributed by atoms with Crippen LogP contribution in [-0.2, 0) is 9.59 Å². The number of hydrogen-bond donors (Lipinski definition) is 2. The van der Waals surface area contributed by atoms with Crippen LogP contribution in [0.15, 0.2) is 0 Å². The molecule has 5 nitrogen and oxygen atoms in total. The fraction of sp³-hybridized carbons (Fsp3) is 0.818. The van der Waals surface area contributed by atoms with Gasteiger partial charge in [-0.1, -0.05) is 6.92 Å². The van der Waals surface area contributed by atoms with Crippen LogP contribution in [0.2, 0.25) is 0 Å². The average Bonchev–Trinajstić information content (AvgIpc) is 3.08. The minimum absolute atomic E-state index is 0.00412. The van der Waals surface area contributed by atoms with Gasteiger partial charge < -0.3 is 16.0 Å². The summed E-state index contributed by atoms with van der Waals surface area (Å²) in [6, 6.07) is 0. The Balaban J connectivity index is 2.30. The summed E-state index contributed by atoms with van der Waals surface area (Å²) in [5, 5.41) is 2.51. The largest absolute Gasteiger partial charge is 0.346 e. The molecule has 0 spiro atoms. The molecule has 3 N–H and O–H groups in total. The second-order valence-corrected chi connectivity index (χ2v) is 4.26. The van der Waals surface area contributed by atoms with E-state index in [1.54, 1.807) is 0 Å². The highest BCUT2D eigenvalue weighted by atomic mass is 16.2. The summed E-state index contributed by atoms with van der Waals surface area (Å²) in [5.74, 6) is 0.396. The van der Waals surface area contributed by atoms with Crippen LogP contribution in [-0.4, -0.2) is 42.9 Å². The average molecular weight is 227 g/mol. The first kappa shape index (κ1) is 13.0. The van der Waals surface area contributed by atoms with Gasteiger partial charge in [0.2, 0.25) is 11.8 Å². The van der Waals surface area contributed by atoms with Crippen molar-refractivity contribution in [1.29, 1.82) is 0 Å². The standard InChI is InChI=1S/C11H21N3O2/c1-2-5-14(8-9-3-4-9)11(16)7-13-10(15)6-12/h9H,2-8,12H2,1H3,(H,13,15). The lowest BCUT2D eigenvalue weighted by molar-refractivity contribution is -0.132. The summed E-state index contributed by atoms with van der Waals surface area (Å²) >= 11 is 0. The van der Waals surface area contributed by atoms with Crippen LogP contribution < -0.4 is 11.1 Å². The highest BCUT2D eigenvalue weighted by Gasteiger charge is 2.26. The highest BCUT2D eigenvalue weighted by Crippen LogP contribution is 2.29. The second-order valence-electron chi connectivity index (χ2n) is 4.26. The van der Waals surface area contributed by atoms with Gasteiger partial charge in [-0.05, 0) is 25.2 Å². The molecule has 0 aromatic rings. The minimum Gasteiger partial charge on any atom is -0.346 e. The molecule has 0 bridgehead atoms. The Hall–Kier alpha value is -1.10. The summed E-state index contributed by atoms with van der Waals surface area (Å²) in [6.07, 6.45) is 3.40. The molecular formula is C11H21N3O2. The maximum atomic E-state index is 11.8. The van der Waals surface area contributed by atoms with Gasteiger partial charge in [-0.2, -0.15) is 0 Å². The van der Waals surface area contributed by atoms with Gasteiger partial charge in [-0.3, -0.25) is 9.59 Å². The van der Waals surface area contributed by atoms with Crippen LogP contribution in [0.25, 0.3) is 0 Å². The number of carbonyl (C=O) groups is 2. The van der Waals surface area contributed by atoms with Crippen molar-refractivity contribution in [3.63, 3.8) is 0 Å². The fourth-order valence-corrected chi connectivity index (χ4v) is 1.56. The lowest BCUT2D eigenvalue weighted by atomic mass is 10.3. The van der Waals surface area contributed by atoms with Crippen LogP contribution in [0.1, 0.15) is 26.2 Å². The third-order valence-electron chi connectivity index (χ3n) is 2.64. The number of hydrogen-bond acceptors (Lipinski definition) is 3. The van der Waals surface area contributed by atoms with Gasteiger partial charge in [-0.15, -0.1) is 0 Å². The molecule has 92 valence electrons. The van der Waals surface area contributed by atoms with Crippen LogP contribution in [0, 0.1) is 5.92 Å². The molecule has 1 fully saturated rings. The molecular weight excluding hydrogens is 206 g/mol. The molecule has 5 heteroatoms. The maximum absolute atomic E-state index is 11.8. The van der Waals surface area contributed by atoms with Crippen molar-refractivity contribution in [2.45, 2.75) is 26.2 Å². The van der Waals surface area contributed by atoms with Crippen LogP contribution >= 0.6 is 0 Å². The maximum Gasteiger partial charge on any atom is 0.241 e. The van der Waals surface area contributed by atoms with E-state index >= 15 is 0 Å². The molecule has 0 atom stereocenters. The zero-order valence-electron chi connectivity index (χ0n) is 9.87. The highest BCUT2D eigenvalue weighted by molar-refractivity contribution is 5.85. The molecule has 16 heavy (non-hydrogen) atoms. The van der Waals surface area contributed by atoms with Crippen molar-refractivity contribution in [2.75, 3.05) is 26.2 Å². The number of rotatable bonds is 7. The molecule has 0 heterocycles. The van der Waals surface area contributed by atoms with E-state index in [2.05, 4.69) is 5.32 Å². The van der Waals surface area contributed by atoms with Crippen molar-refractivity contribution in [3.05, 3.63) is 0 Å². The predicted molar refractivity (Wildman–Crippen MR) is 61.7 cm³/mol. The number of nitrogens with one attached hydrogen (secondary N) is 1. The van der Waals surface area contributed by atoms with E-state index in [0.29, 0.717) is 5.92 Å². The molecule has 0 aliphatic heterocycles. The van der Waals surface area contributed by atoms with E-state index in [-0.39, 0.29) is 24.9 Å². The molecule has 1 rings (SSSR count). The van der Waals surface area contributed by atoms with E-state index in [9.17, 15) is 9.59 Å². The monoisotopic (exact) mass is 227 g/mol. The van der Waals surface area contributed by atoms with E-state index in [1.165, 1.54) is 12.8 Å². The third kappa shape index (κ3) is 4.61. The fourth-order valence-electron chi connectivity index (χ4n) is 1.56. The van der Waals surface area contributed by atoms with Crippen molar-refractivity contribution in [3.8, 4) is 0 Å². The Labute approximate surface area is 96.4 Å². The van der Waals surface area contributed by atoms with Gasteiger partial charge in [0.15, 0.2) is 0 Å². The molecule has 1 saturated carbocycles. The van der Waals surface area contributed by atoms with Crippen LogP contribution in [0.5, 0.6) is 0 Å². The van der Waals surface area contributed by atoms with Crippen LogP contribution in [0.3, 0.4) is 0 Å². The molecule has 0 radical (unpaired) electrons. The quantitative estimate of drug-likeness (QED) is 0.627. The zero-order valence-corrected chi connectivity index (χ0v) is 9.87. The Morgan fingerprint density at radius 3 is 2.62 bits per heavy atom. The number of nitrogens with zero attached hydrogens (tertiary/aromatic N) is 1. The normalized spacial score (nSPS) is 14.6. The molecule has 2 amide bonds. The van der Waals surface area contributed by atoms with E-state index in [1.807, 2.05) is 11.8 Å². The minimum atomic E-state index is -0.281. The Morgan fingerprint density at radius 1 is 1.44 bits per heavy atom. The van der Waals surface area contributed by atoms with Crippen molar-refractivity contribution in [1.82, 2.24) is 10.2 Å². The number of amides is 2. The molecule has 0 unspecified atom stereocenters. The third-order valence-corrected chi connectivity index (χ3v) is 2.64. The van der Waals surface area contributed by atoms with Gasteiger partial charge in [-0.25, -0.2) is 0 Å². The van der Waals surface area contributed by atoms with E-state index in [0.717, 1.165) is 19.5 Å². The molecule has 0 aromatic carbocycles. The smallest absolute Gasteiger partial charge is 0.241 e. The van der Waals surface area contributed by atoms with Crippen molar-refractivity contribution in [2.24, 2.45) is 11.7 Å². The van der Waals surface area contributed by atoms with E-state index < -0.39 is 0 Å². The molecule has 0 aromatic heterocycles. The van der Waals surface area contributed by atoms with Crippen LogP contribution in [0.4, 0.5) is 0 Å². The SMILES string of the molecule is CCCN(CC1CC1)C(=O)CNC(=O)CN. The van der Waals surface area contributed by atoms with Gasteiger partial charge in [0, 0.05) is 13.1 Å². The summed E-state index contributed by atoms with van der Waals surface area (Å²) in [7, 11) is 0. The first-order valence-corrected chi connectivity index (χ1v) is 5.92. The topological polar surface area (TPSA) is 75.4 Å². The Morgan fingerprint density at radius 2 is 2.12 bits per heavy atom. The second kappa shape index (κ2) is 6.48. The van der Waals surface area contributed by atoms with Gasteiger partial charge in [0.25, 0.3) is 0 Å². The summed E-state index contributed by atoms with van der Waals surface area (Å²) < 4.78 is 0. The molecule has 1 aliphatic rings. The molecule has 1 aliphatic carbocycles. The van der Waals surface area contributed by atoms with Crippen molar-refractivity contribution >= 4 is 11.8 Å². The lowest BCUT2D eigenvalue weighted by Crippen LogP contribution is -2.43. The Kier molecular flexibility index (Phi) is 5.25. The number of nitrogens with two attached hydrogens (primary N) is 1. The van der Waals surface area contributed by atoms with E-state index in [4.69, 9.17) is 5.73 Å². The van der Waals surface area contributed by atoms with Gasteiger partial charge in [0.1, 0.15) is 0 Å².